The van der Waals surface area contributed by atoms with Crippen LogP contribution in [0, 0.1) is 11.3 Å². The Morgan fingerprint density at radius 2 is 1.82 bits per heavy atom. The minimum atomic E-state index is -3.22. The van der Waals surface area contributed by atoms with Gasteiger partial charge in [-0.15, -0.1) is 0 Å². The second-order valence-electron chi connectivity index (χ2n) is 4.76. The van der Waals surface area contributed by atoms with E-state index < -0.39 is 9.84 Å². The Morgan fingerprint density at radius 1 is 1.14 bits per heavy atom. The van der Waals surface area contributed by atoms with E-state index in [-0.39, 0.29) is 17.2 Å². The third kappa shape index (κ3) is 3.93. The zero-order valence-electron chi connectivity index (χ0n) is 11.9. The topological polar surface area (TPSA) is 87.0 Å². The van der Waals surface area contributed by atoms with E-state index in [1.807, 2.05) is 6.07 Å². The molecule has 0 heterocycles. The van der Waals surface area contributed by atoms with Crippen LogP contribution in [-0.4, -0.2) is 20.6 Å². The molecule has 0 fully saturated rings. The lowest BCUT2D eigenvalue weighted by Crippen LogP contribution is -2.09. The van der Waals surface area contributed by atoms with Crippen LogP contribution in [0.25, 0.3) is 11.1 Å². The summed E-state index contributed by atoms with van der Waals surface area (Å²) in [4.78, 5) is 11.7. The molecule has 6 heteroatoms. The number of carbonyl (C=O) groups is 1. The molecule has 0 aromatic heterocycles. The molecular weight excluding hydrogens is 300 g/mol. The molecule has 0 aliphatic heterocycles. The first-order valence-corrected chi connectivity index (χ1v) is 8.36. The van der Waals surface area contributed by atoms with Gasteiger partial charge in [-0.25, -0.2) is 8.42 Å². The lowest BCUT2D eigenvalue weighted by molar-refractivity contribution is -0.115. The predicted molar refractivity (Wildman–Crippen MR) is 83.8 cm³/mol. The minimum Gasteiger partial charge on any atom is -0.325 e. The van der Waals surface area contributed by atoms with Crippen LogP contribution in [0.5, 0.6) is 0 Å². The van der Waals surface area contributed by atoms with Crippen LogP contribution < -0.4 is 5.32 Å². The third-order valence-corrected chi connectivity index (χ3v) is 4.13. The molecule has 22 heavy (non-hydrogen) atoms. The largest absolute Gasteiger partial charge is 0.325 e. The Bertz CT molecular complexity index is 834. The van der Waals surface area contributed by atoms with E-state index in [2.05, 4.69) is 5.32 Å². The molecule has 0 saturated carbocycles. The van der Waals surface area contributed by atoms with Gasteiger partial charge in [0.2, 0.25) is 5.91 Å². The number of anilines is 1. The molecule has 2 aromatic carbocycles. The lowest BCUT2D eigenvalue weighted by atomic mass is 10.1. The van der Waals surface area contributed by atoms with Crippen molar-refractivity contribution in [2.75, 3.05) is 11.6 Å². The van der Waals surface area contributed by atoms with E-state index in [0.29, 0.717) is 5.69 Å². The monoisotopic (exact) mass is 314 g/mol. The number of hydrogen-bond acceptors (Lipinski definition) is 4. The summed E-state index contributed by atoms with van der Waals surface area (Å²) in [6.07, 6.45) is 0.959. The van der Waals surface area contributed by atoms with E-state index in [4.69, 9.17) is 5.26 Å². The van der Waals surface area contributed by atoms with E-state index in [1.54, 1.807) is 48.5 Å². The van der Waals surface area contributed by atoms with Crippen molar-refractivity contribution in [2.45, 2.75) is 11.3 Å². The number of hydrogen-bond donors (Lipinski definition) is 1. The van der Waals surface area contributed by atoms with Crippen molar-refractivity contribution < 1.29 is 13.2 Å². The molecule has 2 rings (SSSR count). The zero-order valence-corrected chi connectivity index (χ0v) is 12.7. The summed E-state index contributed by atoms with van der Waals surface area (Å²) in [5, 5.41) is 11.1. The van der Waals surface area contributed by atoms with Gasteiger partial charge in [-0.2, -0.15) is 5.26 Å². The van der Waals surface area contributed by atoms with Crippen molar-refractivity contribution in [1.29, 1.82) is 5.26 Å². The second-order valence-corrected chi connectivity index (χ2v) is 6.78. The molecule has 5 nitrogen and oxygen atoms in total. The van der Waals surface area contributed by atoms with Crippen molar-refractivity contribution in [2.24, 2.45) is 0 Å². The number of nitriles is 1. The number of sulfone groups is 1. The van der Waals surface area contributed by atoms with Gasteiger partial charge in [0, 0.05) is 11.9 Å². The van der Waals surface area contributed by atoms with E-state index in [9.17, 15) is 13.2 Å². The number of nitrogens with zero attached hydrogens (tertiary/aromatic N) is 1. The van der Waals surface area contributed by atoms with E-state index in [0.717, 1.165) is 17.4 Å². The van der Waals surface area contributed by atoms with Gasteiger partial charge in [0.15, 0.2) is 9.84 Å². The highest BCUT2D eigenvalue weighted by molar-refractivity contribution is 7.90. The number of nitrogens with one attached hydrogen (secondary N) is 1. The molecule has 0 atom stereocenters. The van der Waals surface area contributed by atoms with Crippen LogP contribution in [0.2, 0.25) is 0 Å². The second kappa shape index (κ2) is 6.41. The summed E-state index contributed by atoms with van der Waals surface area (Å²) >= 11 is 0. The molecule has 112 valence electrons. The van der Waals surface area contributed by atoms with Crippen LogP contribution in [0.4, 0.5) is 5.69 Å². The number of rotatable bonds is 4. The summed E-state index contributed by atoms with van der Waals surface area (Å²) in [5.74, 6) is -0.368. The van der Waals surface area contributed by atoms with Crippen LogP contribution in [0.3, 0.4) is 0 Å². The Kier molecular flexibility index (Phi) is 4.59. The fraction of sp³-hybridized carbons (Fsp3) is 0.125. The first-order valence-electron chi connectivity index (χ1n) is 6.47. The van der Waals surface area contributed by atoms with Crippen LogP contribution >= 0.6 is 0 Å². The van der Waals surface area contributed by atoms with Crippen molar-refractivity contribution >= 4 is 21.4 Å². The SMILES string of the molecule is CS(=O)(=O)c1ccc(-c2cccc(NC(=O)CC#N)c2)cc1. The quantitative estimate of drug-likeness (QED) is 0.939. The summed E-state index contributed by atoms with van der Waals surface area (Å²) in [7, 11) is -3.22. The van der Waals surface area contributed by atoms with Crippen molar-refractivity contribution in [3.8, 4) is 17.2 Å². The average molecular weight is 314 g/mol. The summed E-state index contributed by atoms with van der Waals surface area (Å²) < 4.78 is 22.9. The van der Waals surface area contributed by atoms with Crippen LogP contribution in [0.1, 0.15) is 6.42 Å². The van der Waals surface area contributed by atoms with Gasteiger partial charge in [0.25, 0.3) is 0 Å². The lowest BCUT2D eigenvalue weighted by Gasteiger charge is -2.07. The molecule has 0 aliphatic rings. The molecule has 1 amide bonds. The van der Waals surface area contributed by atoms with Gasteiger partial charge in [0.1, 0.15) is 6.42 Å². The van der Waals surface area contributed by atoms with Crippen LogP contribution in [0.15, 0.2) is 53.4 Å². The molecule has 0 spiro atoms. The summed E-state index contributed by atoms with van der Waals surface area (Å²) in [5.41, 5.74) is 2.27. The van der Waals surface area contributed by atoms with Gasteiger partial charge in [0.05, 0.1) is 11.0 Å². The van der Waals surface area contributed by atoms with Gasteiger partial charge in [-0.05, 0) is 35.4 Å². The Hall–Kier alpha value is -2.65. The predicted octanol–water partition coefficient (Wildman–Crippen LogP) is 2.61. The molecule has 0 radical (unpaired) electrons. The maximum Gasteiger partial charge on any atom is 0.238 e. The fourth-order valence-corrected chi connectivity index (χ4v) is 2.58. The highest BCUT2D eigenvalue weighted by Crippen LogP contribution is 2.24. The number of amides is 1. The van der Waals surface area contributed by atoms with Gasteiger partial charge in [-0.1, -0.05) is 24.3 Å². The number of benzene rings is 2. The third-order valence-electron chi connectivity index (χ3n) is 3.00. The Balaban J connectivity index is 2.26. The summed E-state index contributed by atoms with van der Waals surface area (Å²) in [6, 6.07) is 15.4. The molecule has 1 N–H and O–H groups in total. The minimum absolute atomic E-state index is 0.201. The first-order chi connectivity index (χ1) is 10.4. The molecule has 0 aliphatic carbocycles. The molecule has 0 bridgehead atoms. The first kappa shape index (κ1) is 15.7. The number of carbonyl (C=O) groups excluding carboxylic acids is 1. The fourth-order valence-electron chi connectivity index (χ4n) is 1.95. The zero-order chi connectivity index (χ0) is 16.2. The Morgan fingerprint density at radius 3 is 2.41 bits per heavy atom. The smallest absolute Gasteiger partial charge is 0.238 e. The van der Waals surface area contributed by atoms with Crippen molar-refractivity contribution in [3.05, 3.63) is 48.5 Å². The Labute approximate surface area is 129 Å². The normalized spacial score (nSPS) is 10.7. The highest BCUT2D eigenvalue weighted by Gasteiger charge is 2.07. The van der Waals surface area contributed by atoms with Crippen molar-refractivity contribution in [1.82, 2.24) is 0 Å². The molecule has 0 unspecified atom stereocenters. The van der Waals surface area contributed by atoms with Gasteiger partial charge >= 0.3 is 0 Å². The maximum atomic E-state index is 11.4. The summed E-state index contributed by atoms with van der Waals surface area (Å²) in [6.45, 7) is 0. The van der Waals surface area contributed by atoms with E-state index in [1.165, 1.54) is 0 Å². The maximum absolute atomic E-state index is 11.4. The standard InChI is InChI=1S/C16H14N2O3S/c1-22(20,21)15-7-5-12(6-8-15)13-3-2-4-14(11-13)18-16(19)9-10-17/h2-8,11H,9H2,1H3,(H,18,19). The highest BCUT2D eigenvalue weighted by atomic mass is 32.2. The molecule has 2 aromatic rings. The molecular formula is C16H14N2O3S. The van der Waals surface area contributed by atoms with E-state index >= 15 is 0 Å². The average Bonchev–Trinajstić information content (AvgIpc) is 2.47. The molecule has 0 saturated heterocycles. The van der Waals surface area contributed by atoms with Crippen molar-refractivity contribution in [3.63, 3.8) is 0 Å². The van der Waals surface area contributed by atoms with Crippen LogP contribution in [-0.2, 0) is 14.6 Å². The van der Waals surface area contributed by atoms with Gasteiger partial charge in [-0.3, -0.25) is 4.79 Å². The van der Waals surface area contributed by atoms with Gasteiger partial charge < -0.3 is 5.32 Å².